The molecule has 2 rings (SSSR count). The van der Waals surface area contributed by atoms with Gasteiger partial charge in [0.1, 0.15) is 0 Å². The van der Waals surface area contributed by atoms with Crippen LogP contribution in [-0.2, 0) is 14.8 Å². The molecule has 25 heavy (non-hydrogen) atoms. The standard InChI is InChI=1S/C16H32N4O3S.HI/c1-4-23-13-15-5-8-19(12-15)16(17-2)18-11-14-6-9-20(10-7-14)24(3,21)22;/h14-15H,4-13H2,1-3H3,(H,17,18);1H. The minimum Gasteiger partial charge on any atom is -0.381 e. The summed E-state index contributed by atoms with van der Waals surface area (Å²) in [5.74, 6) is 2.04. The predicted octanol–water partition coefficient (Wildman–Crippen LogP) is 1.21. The molecule has 0 saturated carbocycles. The van der Waals surface area contributed by atoms with Gasteiger partial charge in [-0.05, 0) is 32.1 Å². The van der Waals surface area contributed by atoms with Gasteiger partial charge < -0.3 is 15.0 Å². The molecule has 0 spiro atoms. The summed E-state index contributed by atoms with van der Waals surface area (Å²) >= 11 is 0. The average molecular weight is 488 g/mol. The topological polar surface area (TPSA) is 74.2 Å². The highest BCUT2D eigenvalue weighted by Crippen LogP contribution is 2.19. The molecule has 2 saturated heterocycles. The van der Waals surface area contributed by atoms with Crippen LogP contribution in [-0.4, -0.2) is 82.8 Å². The van der Waals surface area contributed by atoms with Crippen LogP contribution in [0.3, 0.4) is 0 Å². The second-order valence-corrected chi connectivity index (χ2v) is 8.78. The Hall–Kier alpha value is -0.130. The quantitative estimate of drug-likeness (QED) is 0.346. The number of rotatable bonds is 6. The number of nitrogens with one attached hydrogen (secondary N) is 1. The molecule has 2 heterocycles. The Bertz CT molecular complexity index is 521. The van der Waals surface area contributed by atoms with Crippen LogP contribution in [0.2, 0.25) is 0 Å². The first-order valence-electron chi connectivity index (χ1n) is 8.92. The summed E-state index contributed by atoms with van der Waals surface area (Å²) in [6.45, 7) is 7.76. The van der Waals surface area contributed by atoms with Crippen molar-refractivity contribution in [2.45, 2.75) is 26.2 Å². The van der Waals surface area contributed by atoms with Crippen molar-refractivity contribution in [2.24, 2.45) is 16.8 Å². The predicted molar refractivity (Wildman–Crippen MR) is 112 cm³/mol. The molecule has 2 aliphatic rings. The molecular formula is C16H33IN4O3S. The molecule has 1 N–H and O–H groups in total. The number of hydrogen-bond donors (Lipinski definition) is 1. The van der Waals surface area contributed by atoms with Crippen molar-refractivity contribution in [1.29, 1.82) is 0 Å². The van der Waals surface area contributed by atoms with Crippen molar-refractivity contribution in [3.8, 4) is 0 Å². The number of likely N-dealkylation sites (tertiary alicyclic amines) is 1. The van der Waals surface area contributed by atoms with E-state index in [1.54, 1.807) is 4.31 Å². The van der Waals surface area contributed by atoms with E-state index >= 15 is 0 Å². The minimum atomic E-state index is -3.04. The van der Waals surface area contributed by atoms with Gasteiger partial charge in [0.05, 0.1) is 12.9 Å². The molecule has 9 heteroatoms. The number of halogens is 1. The summed E-state index contributed by atoms with van der Waals surface area (Å²) in [6, 6.07) is 0. The highest BCUT2D eigenvalue weighted by atomic mass is 127. The van der Waals surface area contributed by atoms with Gasteiger partial charge in [0.25, 0.3) is 0 Å². The van der Waals surface area contributed by atoms with Crippen LogP contribution in [0.15, 0.2) is 4.99 Å². The van der Waals surface area contributed by atoms with E-state index in [1.807, 2.05) is 14.0 Å². The summed E-state index contributed by atoms with van der Waals surface area (Å²) in [7, 11) is -1.22. The van der Waals surface area contributed by atoms with Gasteiger partial charge in [-0.3, -0.25) is 4.99 Å². The zero-order chi connectivity index (χ0) is 17.6. The van der Waals surface area contributed by atoms with E-state index in [0.717, 1.165) is 58.1 Å². The Morgan fingerprint density at radius 3 is 2.40 bits per heavy atom. The van der Waals surface area contributed by atoms with E-state index in [4.69, 9.17) is 4.74 Å². The number of guanidine groups is 1. The lowest BCUT2D eigenvalue weighted by atomic mass is 9.98. The molecule has 0 amide bonds. The van der Waals surface area contributed by atoms with E-state index < -0.39 is 10.0 Å². The van der Waals surface area contributed by atoms with Gasteiger partial charge in [0, 0.05) is 52.3 Å². The second kappa shape index (κ2) is 10.9. The molecule has 1 atom stereocenters. The Morgan fingerprint density at radius 2 is 1.84 bits per heavy atom. The summed E-state index contributed by atoms with van der Waals surface area (Å²) in [5, 5.41) is 3.48. The van der Waals surface area contributed by atoms with Crippen LogP contribution in [0.25, 0.3) is 0 Å². The fraction of sp³-hybridized carbons (Fsp3) is 0.938. The second-order valence-electron chi connectivity index (χ2n) is 6.79. The highest BCUT2D eigenvalue weighted by Gasteiger charge is 2.27. The van der Waals surface area contributed by atoms with Gasteiger partial charge in [0.15, 0.2) is 5.96 Å². The summed E-state index contributed by atoms with van der Waals surface area (Å²) in [6.07, 6.45) is 4.25. The molecule has 2 aliphatic heterocycles. The van der Waals surface area contributed by atoms with Crippen molar-refractivity contribution in [3.05, 3.63) is 0 Å². The first-order chi connectivity index (χ1) is 11.4. The van der Waals surface area contributed by atoms with Gasteiger partial charge in [-0.25, -0.2) is 12.7 Å². The minimum absolute atomic E-state index is 0. The molecule has 0 aromatic heterocycles. The zero-order valence-corrected chi connectivity index (χ0v) is 18.8. The van der Waals surface area contributed by atoms with Crippen LogP contribution in [0.1, 0.15) is 26.2 Å². The molecule has 0 aromatic rings. The molecular weight excluding hydrogens is 455 g/mol. The van der Waals surface area contributed by atoms with Gasteiger partial charge in [-0.2, -0.15) is 0 Å². The molecule has 0 radical (unpaired) electrons. The van der Waals surface area contributed by atoms with Crippen molar-refractivity contribution in [1.82, 2.24) is 14.5 Å². The third-order valence-electron chi connectivity index (χ3n) is 4.95. The zero-order valence-electron chi connectivity index (χ0n) is 15.6. The van der Waals surface area contributed by atoms with E-state index in [-0.39, 0.29) is 24.0 Å². The number of ether oxygens (including phenoxy) is 1. The first-order valence-corrected chi connectivity index (χ1v) is 10.8. The molecule has 0 aromatic carbocycles. The van der Waals surface area contributed by atoms with Crippen LogP contribution in [0.5, 0.6) is 0 Å². The van der Waals surface area contributed by atoms with Gasteiger partial charge in [-0.1, -0.05) is 0 Å². The van der Waals surface area contributed by atoms with Crippen LogP contribution < -0.4 is 5.32 Å². The Labute approximate surface area is 169 Å². The van der Waals surface area contributed by atoms with Crippen molar-refractivity contribution in [2.75, 3.05) is 59.2 Å². The monoisotopic (exact) mass is 488 g/mol. The Kier molecular flexibility index (Phi) is 9.97. The van der Waals surface area contributed by atoms with Crippen LogP contribution >= 0.6 is 24.0 Å². The fourth-order valence-corrected chi connectivity index (χ4v) is 4.33. The number of sulfonamides is 1. The number of hydrogen-bond acceptors (Lipinski definition) is 4. The van der Waals surface area contributed by atoms with Gasteiger partial charge >= 0.3 is 0 Å². The lowest BCUT2D eigenvalue weighted by Crippen LogP contribution is -2.45. The number of nitrogens with zero attached hydrogens (tertiary/aromatic N) is 3. The Balaban J connectivity index is 0.00000312. The van der Waals surface area contributed by atoms with E-state index in [1.165, 1.54) is 6.26 Å². The van der Waals surface area contributed by atoms with Crippen molar-refractivity contribution >= 4 is 40.0 Å². The smallest absolute Gasteiger partial charge is 0.211 e. The lowest BCUT2D eigenvalue weighted by molar-refractivity contribution is 0.114. The van der Waals surface area contributed by atoms with E-state index in [0.29, 0.717) is 24.9 Å². The fourth-order valence-electron chi connectivity index (χ4n) is 3.46. The largest absolute Gasteiger partial charge is 0.381 e. The molecule has 7 nitrogen and oxygen atoms in total. The SMILES string of the molecule is CCOCC1CCN(C(=NC)NCC2CCN(S(C)(=O)=O)CC2)C1.I. The number of aliphatic imine (C=N–C) groups is 1. The first kappa shape index (κ1) is 22.9. The molecule has 0 aliphatic carbocycles. The summed E-state index contributed by atoms with van der Waals surface area (Å²) < 4.78 is 30.2. The lowest BCUT2D eigenvalue weighted by Gasteiger charge is -2.31. The van der Waals surface area contributed by atoms with Crippen molar-refractivity contribution in [3.63, 3.8) is 0 Å². The van der Waals surface area contributed by atoms with Crippen LogP contribution in [0, 0.1) is 11.8 Å². The maximum absolute atomic E-state index is 11.6. The van der Waals surface area contributed by atoms with Gasteiger partial charge in [-0.15, -0.1) is 24.0 Å². The van der Waals surface area contributed by atoms with Crippen LogP contribution in [0.4, 0.5) is 0 Å². The van der Waals surface area contributed by atoms with E-state index in [9.17, 15) is 8.42 Å². The molecule has 148 valence electrons. The van der Waals surface area contributed by atoms with E-state index in [2.05, 4.69) is 15.2 Å². The summed E-state index contributed by atoms with van der Waals surface area (Å²) in [4.78, 5) is 6.71. The molecule has 0 bridgehead atoms. The maximum atomic E-state index is 11.6. The van der Waals surface area contributed by atoms with Crippen molar-refractivity contribution < 1.29 is 13.2 Å². The normalized spacial score (nSPS) is 23.6. The third kappa shape index (κ3) is 7.18. The third-order valence-corrected chi connectivity index (χ3v) is 6.25. The highest BCUT2D eigenvalue weighted by molar-refractivity contribution is 14.0. The molecule has 1 unspecified atom stereocenters. The number of piperidine rings is 1. The Morgan fingerprint density at radius 1 is 1.20 bits per heavy atom. The average Bonchev–Trinajstić information content (AvgIpc) is 3.02. The maximum Gasteiger partial charge on any atom is 0.211 e. The van der Waals surface area contributed by atoms with Gasteiger partial charge in [0.2, 0.25) is 10.0 Å². The molecule has 2 fully saturated rings. The summed E-state index contributed by atoms with van der Waals surface area (Å²) in [5.41, 5.74) is 0.